The van der Waals surface area contributed by atoms with Crippen LogP contribution >= 0.6 is 0 Å². The third-order valence-electron chi connectivity index (χ3n) is 2.99. The summed E-state index contributed by atoms with van der Waals surface area (Å²) in [5.41, 5.74) is 0. The molecule has 0 N–H and O–H groups in total. The Morgan fingerprint density at radius 1 is 1.07 bits per heavy atom. The molecule has 0 aromatic rings. The van der Waals surface area contributed by atoms with Crippen LogP contribution in [-0.4, -0.2) is 30.0 Å². The van der Waals surface area contributed by atoms with Gasteiger partial charge in [-0.2, -0.15) is 0 Å². The third kappa shape index (κ3) is 5.82. The third-order valence-corrected chi connectivity index (χ3v) is 5.77. The molecule has 0 amide bonds. The Hall–Kier alpha value is 0.310. The van der Waals surface area contributed by atoms with Crippen molar-refractivity contribution in [3.63, 3.8) is 0 Å². The predicted octanol–water partition coefficient (Wildman–Crippen LogP) is 3.38. The van der Waals surface area contributed by atoms with Gasteiger partial charge < -0.3 is 4.74 Å². The van der Waals surface area contributed by atoms with E-state index in [0.717, 1.165) is 6.61 Å². The Bertz CT molecular complexity index is 137. The molecule has 0 aromatic carbocycles. The van der Waals surface area contributed by atoms with E-state index in [9.17, 15) is 0 Å². The van der Waals surface area contributed by atoms with Crippen LogP contribution in [0.1, 0.15) is 52.4 Å². The Morgan fingerprint density at radius 3 is 2.33 bits per heavy atom. The molecule has 1 rings (SSSR count). The van der Waals surface area contributed by atoms with Crippen molar-refractivity contribution >= 4 is 10.9 Å². The van der Waals surface area contributed by atoms with Gasteiger partial charge in [0.1, 0.15) is 17.3 Å². The van der Waals surface area contributed by atoms with Crippen LogP contribution < -0.4 is 0 Å². The first-order valence-electron chi connectivity index (χ1n) is 6.62. The Kier molecular flexibility index (Phi) is 7.54. The van der Waals surface area contributed by atoms with Crippen molar-refractivity contribution in [2.75, 3.05) is 23.9 Å². The van der Waals surface area contributed by atoms with Crippen LogP contribution in [0.4, 0.5) is 0 Å². The highest BCUT2D eigenvalue weighted by Crippen LogP contribution is 2.17. The zero-order valence-corrected chi connectivity index (χ0v) is 11.3. The summed E-state index contributed by atoms with van der Waals surface area (Å²) >= 11 is 0. The lowest BCUT2D eigenvalue weighted by Gasteiger charge is -2.22. The molecule has 1 nitrogen and oxygen atoms in total. The highest BCUT2D eigenvalue weighted by molar-refractivity contribution is 7.96. The molecule has 0 aromatic heterocycles. The second-order valence-corrected chi connectivity index (χ2v) is 6.95. The van der Waals surface area contributed by atoms with Crippen molar-refractivity contribution in [3.05, 3.63) is 0 Å². The van der Waals surface area contributed by atoms with Gasteiger partial charge in [0.05, 0.1) is 6.10 Å². The summed E-state index contributed by atoms with van der Waals surface area (Å²) in [6.45, 7) is 5.64. The van der Waals surface area contributed by atoms with Crippen LogP contribution in [0.25, 0.3) is 0 Å². The fourth-order valence-electron chi connectivity index (χ4n) is 2.22. The van der Waals surface area contributed by atoms with E-state index in [1.807, 2.05) is 0 Å². The molecule has 1 saturated heterocycles. The van der Waals surface area contributed by atoms with E-state index in [1.54, 1.807) is 0 Å². The molecule has 1 aliphatic heterocycles. The van der Waals surface area contributed by atoms with Gasteiger partial charge in [-0.05, 0) is 43.0 Å². The lowest BCUT2D eigenvalue weighted by Crippen LogP contribution is -2.24. The van der Waals surface area contributed by atoms with Crippen LogP contribution in [0.3, 0.4) is 0 Å². The van der Waals surface area contributed by atoms with Gasteiger partial charge in [-0.25, -0.2) is 0 Å². The molecular weight excluding hydrogens is 204 g/mol. The average Bonchev–Trinajstić information content (AvgIpc) is 2.28. The van der Waals surface area contributed by atoms with Crippen molar-refractivity contribution in [2.24, 2.45) is 0 Å². The minimum Gasteiger partial charge on any atom is -0.378 e. The van der Waals surface area contributed by atoms with Crippen molar-refractivity contribution in [1.82, 2.24) is 0 Å². The predicted molar refractivity (Wildman–Crippen MR) is 70.8 cm³/mol. The summed E-state index contributed by atoms with van der Waals surface area (Å²) < 4.78 is 5.79. The summed E-state index contributed by atoms with van der Waals surface area (Å²) in [4.78, 5) is 0. The van der Waals surface area contributed by atoms with Gasteiger partial charge >= 0.3 is 0 Å². The molecule has 0 radical (unpaired) electrons. The van der Waals surface area contributed by atoms with E-state index in [0.29, 0.717) is 17.0 Å². The second-order valence-electron chi connectivity index (χ2n) is 4.50. The van der Waals surface area contributed by atoms with Crippen LogP contribution in [-0.2, 0) is 15.6 Å². The van der Waals surface area contributed by atoms with Crippen molar-refractivity contribution in [1.29, 1.82) is 0 Å². The zero-order chi connectivity index (χ0) is 10.9. The first-order valence-corrected chi connectivity index (χ1v) is 8.35. The van der Waals surface area contributed by atoms with Crippen LogP contribution in [0.2, 0.25) is 0 Å². The topological polar surface area (TPSA) is 9.23 Å². The van der Waals surface area contributed by atoms with E-state index in [1.165, 1.54) is 55.8 Å². The maximum absolute atomic E-state index is 5.79. The number of hydrogen-bond donors (Lipinski definition) is 0. The molecule has 1 fully saturated rings. The lowest BCUT2D eigenvalue weighted by molar-refractivity contribution is 0.0149. The summed E-state index contributed by atoms with van der Waals surface area (Å²) in [5, 5.41) is 0. The van der Waals surface area contributed by atoms with E-state index in [4.69, 9.17) is 4.74 Å². The number of ether oxygens (including phenoxy) is 1. The maximum Gasteiger partial charge on any atom is 0.110 e. The van der Waals surface area contributed by atoms with Crippen molar-refractivity contribution in [2.45, 2.75) is 58.5 Å². The smallest absolute Gasteiger partial charge is 0.110 e. The van der Waals surface area contributed by atoms with E-state index < -0.39 is 0 Å². The lowest BCUT2D eigenvalue weighted by atomic mass is 10.1. The molecule has 0 bridgehead atoms. The van der Waals surface area contributed by atoms with Gasteiger partial charge in [0.25, 0.3) is 0 Å². The number of rotatable bonds is 7. The van der Waals surface area contributed by atoms with Gasteiger partial charge in [0, 0.05) is 13.0 Å². The highest BCUT2D eigenvalue weighted by Gasteiger charge is 2.20. The Labute approximate surface area is 98.3 Å². The quantitative estimate of drug-likeness (QED) is 0.610. The molecule has 0 spiro atoms. The molecular formula is C13H27OS+. The molecule has 1 unspecified atom stereocenters. The first kappa shape index (κ1) is 13.4. The molecule has 0 saturated carbocycles. The van der Waals surface area contributed by atoms with Crippen molar-refractivity contribution < 1.29 is 4.74 Å². The first-order chi connectivity index (χ1) is 7.36. The molecule has 15 heavy (non-hydrogen) atoms. The normalized spacial score (nSPS) is 22.2. The van der Waals surface area contributed by atoms with E-state index in [-0.39, 0.29) is 0 Å². The molecule has 1 aliphatic rings. The second kappa shape index (κ2) is 8.46. The van der Waals surface area contributed by atoms with Crippen LogP contribution in [0, 0.1) is 0 Å². The standard InChI is InChI=1S/C13H27OS/c1-3-10-15(11-4-2)12-8-13-7-5-6-9-14-13/h13H,3-12H2,1-2H3/q+1. The molecule has 90 valence electrons. The Balaban J connectivity index is 2.13. The molecule has 1 heterocycles. The van der Waals surface area contributed by atoms with E-state index in [2.05, 4.69) is 13.8 Å². The fraction of sp³-hybridized carbons (Fsp3) is 1.00. The summed E-state index contributed by atoms with van der Waals surface area (Å²) in [5.74, 6) is 4.31. The summed E-state index contributed by atoms with van der Waals surface area (Å²) in [7, 11) is 0.694. The summed E-state index contributed by atoms with van der Waals surface area (Å²) in [6.07, 6.45) is 8.62. The Morgan fingerprint density at radius 2 is 1.80 bits per heavy atom. The van der Waals surface area contributed by atoms with Crippen LogP contribution in [0.15, 0.2) is 0 Å². The average molecular weight is 231 g/mol. The van der Waals surface area contributed by atoms with Crippen LogP contribution in [0.5, 0.6) is 0 Å². The van der Waals surface area contributed by atoms with Gasteiger partial charge in [-0.3, -0.25) is 0 Å². The van der Waals surface area contributed by atoms with Gasteiger partial charge in [-0.15, -0.1) is 0 Å². The highest BCUT2D eigenvalue weighted by atomic mass is 32.2. The minimum atomic E-state index is 0.600. The zero-order valence-electron chi connectivity index (χ0n) is 10.5. The molecule has 0 aliphatic carbocycles. The fourth-order valence-corrected chi connectivity index (χ4v) is 4.58. The van der Waals surface area contributed by atoms with E-state index >= 15 is 0 Å². The largest absolute Gasteiger partial charge is 0.378 e. The number of hydrogen-bond acceptors (Lipinski definition) is 1. The summed E-state index contributed by atoms with van der Waals surface area (Å²) in [6, 6.07) is 0. The maximum atomic E-state index is 5.79. The van der Waals surface area contributed by atoms with Gasteiger partial charge in [-0.1, -0.05) is 13.8 Å². The molecule has 1 atom stereocenters. The van der Waals surface area contributed by atoms with Crippen molar-refractivity contribution in [3.8, 4) is 0 Å². The van der Waals surface area contributed by atoms with Gasteiger partial charge in [0.2, 0.25) is 0 Å². The monoisotopic (exact) mass is 231 g/mol. The minimum absolute atomic E-state index is 0.600. The van der Waals surface area contributed by atoms with Gasteiger partial charge in [0.15, 0.2) is 0 Å². The molecule has 2 heteroatoms. The SMILES string of the molecule is CCC[S+](CCC)CCC1CCCCO1.